The van der Waals surface area contributed by atoms with Crippen LogP contribution in [0.15, 0.2) is 48.0 Å². The van der Waals surface area contributed by atoms with Gasteiger partial charge in [0.15, 0.2) is 0 Å². The van der Waals surface area contributed by atoms with Crippen molar-refractivity contribution in [1.82, 2.24) is 0 Å². The fourth-order valence-electron chi connectivity index (χ4n) is 4.08. The van der Waals surface area contributed by atoms with Crippen LogP contribution in [-0.2, 0) is 16.1 Å². The fraction of sp³-hybridized carbons (Fsp3) is 0.375. The molecule has 1 atom stereocenters. The molecule has 0 aromatic heterocycles. The van der Waals surface area contributed by atoms with Crippen molar-refractivity contribution in [2.45, 2.75) is 25.5 Å². The number of rotatable bonds is 6. The number of amides is 1. The molecule has 1 fully saturated rings. The monoisotopic (exact) mass is 554 g/mol. The van der Waals surface area contributed by atoms with Gasteiger partial charge >= 0.3 is 0 Å². The zero-order chi connectivity index (χ0) is 21.1. The minimum Gasteiger partial charge on any atom is -1.00 e. The van der Waals surface area contributed by atoms with Gasteiger partial charge in [-0.2, -0.15) is 0 Å². The molecule has 166 valence electrons. The minimum atomic E-state index is -0.164. The molecule has 0 spiro atoms. The molecule has 1 amide bonds. The Bertz CT molecular complexity index is 954. The first-order valence-electron chi connectivity index (χ1n) is 10.3. The molecule has 2 aliphatic heterocycles. The third-order valence-electron chi connectivity index (χ3n) is 5.52. The smallest absolute Gasteiger partial charge is 0.255 e. The lowest BCUT2D eigenvalue weighted by atomic mass is 10.1. The van der Waals surface area contributed by atoms with Crippen LogP contribution in [0.4, 0.5) is 5.69 Å². The Hall–Kier alpha value is -1.61. The van der Waals surface area contributed by atoms with Crippen LogP contribution in [0.25, 0.3) is 6.08 Å². The third-order valence-corrected chi connectivity index (χ3v) is 5.76. The van der Waals surface area contributed by atoms with E-state index in [-0.39, 0.29) is 36.5 Å². The summed E-state index contributed by atoms with van der Waals surface area (Å²) >= 11 is 6.05. The molecule has 5 nitrogen and oxygen atoms in total. The van der Waals surface area contributed by atoms with Crippen molar-refractivity contribution in [3.63, 3.8) is 0 Å². The maximum absolute atomic E-state index is 12.7. The lowest BCUT2D eigenvalue weighted by molar-refractivity contribution is -0.906. The van der Waals surface area contributed by atoms with Gasteiger partial charge in [0.1, 0.15) is 31.5 Å². The van der Waals surface area contributed by atoms with Crippen molar-refractivity contribution < 1.29 is 42.7 Å². The number of likely N-dealkylation sites (N-methyl/N-ethyl adjacent to an activating group) is 1. The molecule has 2 heterocycles. The topological polar surface area (TPSA) is 47.6 Å². The molecule has 4 rings (SSSR count). The minimum absolute atomic E-state index is 0. The molecule has 0 saturated carbocycles. The van der Waals surface area contributed by atoms with Gasteiger partial charge in [-0.15, -0.1) is 0 Å². The second-order valence-electron chi connectivity index (χ2n) is 8.70. The second-order valence-corrected chi connectivity index (χ2v) is 9.14. The van der Waals surface area contributed by atoms with Gasteiger partial charge in [0, 0.05) is 28.4 Å². The summed E-state index contributed by atoms with van der Waals surface area (Å²) in [5.74, 6) is 0.576. The first kappa shape index (κ1) is 24.0. The van der Waals surface area contributed by atoms with Crippen molar-refractivity contribution in [1.29, 1.82) is 0 Å². The Morgan fingerprint density at radius 3 is 2.68 bits per heavy atom. The van der Waals surface area contributed by atoms with Gasteiger partial charge in [0.2, 0.25) is 0 Å². The van der Waals surface area contributed by atoms with E-state index in [0.29, 0.717) is 16.7 Å². The van der Waals surface area contributed by atoms with E-state index in [2.05, 4.69) is 31.5 Å². The molecule has 1 saturated heterocycles. The number of nitrogens with one attached hydrogen (secondary N) is 1. The van der Waals surface area contributed by atoms with Crippen LogP contribution in [0, 0.1) is 0 Å². The van der Waals surface area contributed by atoms with Crippen LogP contribution in [0.5, 0.6) is 5.75 Å². The van der Waals surface area contributed by atoms with E-state index in [0.717, 1.165) is 47.6 Å². The Morgan fingerprint density at radius 2 is 1.97 bits per heavy atom. The van der Waals surface area contributed by atoms with Crippen molar-refractivity contribution in [3.05, 3.63) is 64.2 Å². The summed E-state index contributed by atoms with van der Waals surface area (Å²) in [7, 11) is 4.47. The number of anilines is 1. The molecule has 7 heteroatoms. The summed E-state index contributed by atoms with van der Waals surface area (Å²) in [6.07, 6.45) is 4.52. The third kappa shape index (κ3) is 6.44. The molecule has 0 bridgehead atoms. The summed E-state index contributed by atoms with van der Waals surface area (Å²) in [6.45, 7) is 3.06. The maximum atomic E-state index is 12.7. The highest BCUT2D eigenvalue weighted by Crippen LogP contribution is 2.29. The summed E-state index contributed by atoms with van der Waals surface area (Å²) < 4.78 is 12.3. The quantitative estimate of drug-likeness (QED) is 0.435. The predicted molar refractivity (Wildman–Crippen MR) is 120 cm³/mol. The fourth-order valence-corrected chi connectivity index (χ4v) is 4.26. The Labute approximate surface area is 206 Å². The highest BCUT2D eigenvalue weighted by molar-refractivity contribution is 6.30. The van der Waals surface area contributed by atoms with Crippen LogP contribution in [0.3, 0.4) is 0 Å². The van der Waals surface area contributed by atoms with Crippen LogP contribution in [0.2, 0.25) is 5.02 Å². The highest BCUT2D eigenvalue weighted by atomic mass is 127. The van der Waals surface area contributed by atoms with E-state index in [9.17, 15) is 4.79 Å². The lowest BCUT2D eigenvalue weighted by Gasteiger charge is -2.32. The van der Waals surface area contributed by atoms with Gasteiger partial charge < -0.3 is 43.3 Å². The van der Waals surface area contributed by atoms with Crippen LogP contribution in [-0.4, -0.2) is 50.3 Å². The van der Waals surface area contributed by atoms with E-state index in [1.165, 1.54) is 12.0 Å². The Kier molecular flexibility index (Phi) is 8.02. The molecule has 2 aliphatic rings. The number of hydrogen-bond acceptors (Lipinski definition) is 3. The molecular weight excluding hydrogens is 527 g/mol. The molecule has 0 radical (unpaired) electrons. The van der Waals surface area contributed by atoms with Gasteiger partial charge in [-0.05, 0) is 49.2 Å². The van der Waals surface area contributed by atoms with Crippen molar-refractivity contribution >= 4 is 29.3 Å². The zero-order valence-electron chi connectivity index (χ0n) is 17.9. The molecule has 2 aromatic rings. The van der Waals surface area contributed by atoms with Gasteiger partial charge in [-0.25, -0.2) is 0 Å². The molecule has 0 unspecified atom stereocenters. The number of nitrogens with zero attached hydrogens (tertiary/aromatic N) is 1. The van der Waals surface area contributed by atoms with Crippen molar-refractivity contribution in [2.75, 3.05) is 39.2 Å². The van der Waals surface area contributed by atoms with Gasteiger partial charge in [0.05, 0.1) is 19.7 Å². The van der Waals surface area contributed by atoms with Crippen molar-refractivity contribution in [3.8, 4) is 5.75 Å². The second kappa shape index (κ2) is 10.3. The van der Waals surface area contributed by atoms with E-state index in [4.69, 9.17) is 21.1 Å². The summed E-state index contributed by atoms with van der Waals surface area (Å²) in [6, 6.07) is 13.5. The van der Waals surface area contributed by atoms with Crippen LogP contribution in [0.1, 0.15) is 24.0 Å². The zero-order valence-corrected chi connectivity index (χ0v) is 20.8. The van der Waals surface area contributed by atoms with E-state index in [1.54, 1.807) is 12.1 Å². The number of carbonyl (C=O) groups is 1. The van der Waals surface area contributed by atoms with E-state index in [1.807, 2.05) is 24.3 Å². The number of carbonyl (C=O) groups excluding carboxylic acids is 1. The molecule has 0 aliphatic carbocycles. The molecule has 1 N–H and O–H groups in total. The highest BCUT2D eigenvalue weighted by Gasteiger charge is 2.26. The normalized spacial score (nSPS) is 17.8. The molecule has 2 aromatic carbocycles. The Morgan fingerprint density at radius 1 is 1.19 bits per heavy atom. The number of quaternary nitrogens is 1. The molecule has 31 heavy (non-hydrogen) atoms. The maximum Gasteiger partial charge on any atom is 0.255 e. The summed E-state index contributed by atoms with van der Waals surface area (Å²) in [5.41, 5.74) is 3.40. The van der Waals surface area contributed by atoms with Gasteiger partial charge in [-0.3, -0.25) is 4.79 Å². The summed E-state index contributed by atoms with van der Waals surface area (Å²) in [4.78, 5) is 12.7. The predicted octanol–water partition coefficient (Wildman–Crippen LogP) is 1.51. The number of hydrogen-bond donors (Lipinski definition) is 1. The standard InChI is InChI=1S/C24H27ClN2O3.HI/c1-27(2,15-22-4-3-11-29-22)14-17-5-8-21(9-6-17)26-24(28)19-12-18-13-20(25)7-10-23(18)30-16-19;/h5-10,12-13,22H,3-4,11,14-16H2,1-2H3;1H/t22-;/m1./s1. The van der Waals surface area contributed by atoms with Crippen LogP contribution >= 0.6 is 11.6 Å². The lowest BCUT2D eigenvalue weighted by Crippen LogP contribution is -3.00. The Balaban J connectivity index is 0.00000272. The molecular formula is C24H28ClIN2O3. The average molecular weight is 555 g/mol. The average Bonchev–Trinajstić information content (AvgIpc) is 3.20. The van der Waals surface area contributed by atoms with Gasteiger partial charge in [-0.1, -0.05) is 23.7 Å². The largest absolute Gasteiger partial charge is 1.00 e. The van der Waals surface area contributed by atoms with E-state index >= 15 is 0 Å². The first-order chi connectivity index (χ1) is 14.4. The number of halogens is 2. The number of fused-ring (bicyclic) bond motifs is 1. The van der Waals surface area contributed by atoms with E-state index < -0.39 is 0 Å². The van der Waals surface area contributed by atoms with Crippen LogP contribution < -0.4 is 34.0 Å². The van der Waals surface area contributed by atoms with Crippen molar-refractivity contribution in [2.24, 2.45) is 0 Å². The SMILES string of the molecule is C[N+](C)(Cc1ccc(NC(=O)C2=Cc3cc(Cl)ccc3OC2)cc1)C[C@H]1CCCO1.[I-]. The summed E-state index contributed by atoms with van der Waals surface area (Å²) in [5, 5.41) is 3.58. The first-order valence-corrected chi connectivity index (χ1v) is 10.7. The number of benzene rings is 2. The van der Waals surface area contributed by atoms with Gasteiger partial charge in [0.25, 0.3) is 5.91 Å². The number of ether oxygens (including phenoxy) is 2.